The largest absolute Gasteiger partial charge is 0.480 e. The Kier molecular flexibility index (Phi) is 5.54. The zero-order valence-electron chi connectivity index (χ0n) is 12.0. The summed E-state index contributed by atoms with van der Waals surface area (Å²) in [5.41, 5.74) is 0.564. The monoisotopic (exact) mass is 379 g/mol. The van der Waals surface area contributed by atoms with Crippen LogP contribution in [0.4, 0.5) is 0 Å². The van der Waals surface area contributed by atoms with E-state index in [2.05, 4.69) is 5.32 Å². The highest BCUT2D eigenvalue weighted by atomic mass is 35.5. The van der Waals surface area contributed by atoms with Crippen LogP contribution in [0.25, 0.3) is 0 Å². The van der Waals surface area contributed by atoms with Crippen molar-refractivity contribution in [1.29, 1.82) is 0 Å². The van der Waals surface area contributed by atoms with Crippen LogP contribution in [0.15, 0.2) is 18.2 Å². The van der Waals surface area contributed by atoms with E-state index in [4.69, 9.17) is 23.2 Å². The lowest BCUT2D eigenvalue weighted by Crippen LogP contribution is -2.45. The van der Waals surface area contributed by atoms with Crippen molar-refractivity contribution in [3.8, 4) is 0 Å². The first kappa shape index (κ1) is 18.0. The van der Waals surface area contributed by atoms with Gasteiger partial charge in [-0.2, -0.15) is 0 Å². The first-order valence-corrected chi connectivity index (χ1v) is 9.42. The van der Waals surface area contributed by atoms with E-state index in [-0.39, 0.29) is 24.3 Å². The number of sulfone groups is 1. The van der Waals surface area contributed by atoms with Gasteiger partial charge in [0.2, 0.25) is 5.91 Å². The van der Waals surface area contributed by atoms with Gasteiger partial charge in [0.1, 0.15) is 6.04 Å². The summed E-state index contributed by atoms with van der Waals surface area (Å²) >= 11 is 11.7. The van der Waals surface area contributed by atoms with Gasteiger partial charge in [-0.3, -0.25) is 4.79 Å². The molecule has 6 nitrogen and oxygen atoms in total. The molecule has 1 amide bonds. The fraction of sp³-hybridized carbons (Fsp3) is 0.429. The summed E-state index contributed by atoms with van der Waals surface area (Å²) in [5.74, 6) is -2.77. The predicted molar refractivity (Wildman–Crippen MR) is 86.5 cm³/mol. The second kappa shape index (κ2) is 7.07. The Balaban J connectivity index is 2.07. The number of carbonyl (C=O) groups excluding carboxylic acids is 1. The Morgan fingerprint density at radius 2 is 1.87 bits per heavy atom. The first-order chi connectivity index (χ1) is 10.7. The molecule has 126 valence electrons. The molecule has 2 N–H and O–H groups in total. The molecule has 2 rings (SSSR count). The second-order valence-corrected chi connectivity index (χ2v) is 8.58. The van der Waals surface area contributed by atoms with Crippen molar-refractivity contribution in [2.24, 2.45) is 5.92 Å². The van der Waals surface area contributed by atoms with Gasteiger partial charge in [-0.05, 0) is 30.2 Å². The van der Waals surface area contributed by atoms with Crippen LogP contribution in [0, 0.1) is 5.92 Å². The van der Waals surface area contributed by atoms with Gasteiger partial charge in [0.05, 0.1) is 17.4 Å². The number of carbonyl (C=O) groups is 2. The van der Waals surface area contributed by atoms with Crippen LogP contribution >= 0.6 is 23.2 Å². The number of halogens is 2. The Morgan fingerprint density at radius 3 is 2.35 bits per heavy atom. The van der Waals surface area contributed by atoms with Gasteiger partial charge in [0.15, 0.2) is 9.84 Å². The lowest BCUT2D eigenvalue weighted by molar-refractivity contribution is -0.142. The molecule has 1 aromatic rings. The topological polar surface area (TPSA) is 101 Å². The van der Waals surface area contributed by atoms with Crippen molar-refractivity contribution in [3.05, 3.63) is 33.8 Å². The highest BCUT2D eigenvalue weighted by Crippen LogP contribution is 2.21. The highest BCUT2D eigenvalue weighted by Gasteiger charge is 2.34. The van der Waals surface area contributed by atoms with Gasteiger partial charge in [-0.15, -0.1) is 0 Å². The summed E-state index contributed by atoms with van der Waals surface area (Å²) < 4.78 is 22.8. The quantitative estimate of drug-likeness (QED) is 0.807. The summed E-state index contributed by atoms with van der Waals surface area (Å²) in [7, 11) is -3.21. The van der Waals surface area contributed by atoms with Gasteiger partial charge in [0, 0.05) is 16.5 Å². The molecule has 1 saturated heterocycles. The average molecular weight is 380 g/mol. The summed E-state index contributed by atoms with van der Waals surface area (Å²) in [6.07, 6.45) is 0.213. The van der Waals surface area contributed by atoms with Crippen LogP contribution in [0.1, 0.15) is 12.0 Å². The van der Waals surface area contributed by atoms with E-state index >= 15 is 0 Å². The third-order valence-corrected chi connectivity index (χ3v) is 5.78. The minimum absolute atomic E-state index is 0.000817. The van der Waals surface area contributed by atoms with E-state index in [1.165, 1.54) is 6.07 Å². The number of carboxylic acids is 1. The maximum atomic E-state index is 12.1. The standard InChI is InChI=1S/C14H15Cl2NO5S/c15-10-3-8(4-11(16)6-10)5-12(14(19)20)17-13(18)9-1-2-23(21,22)7-9/h3-4,6,9,12H,1-2,5,7H2,(H,17,18)(H,19,20). The second-order valence-electron chi connectivity index (χ2n) is 5.48. The number of benzene rings is 1. The van der Waals surface area contributed by atoms with Gasteiger partial charge in [-0.1, -0.05) is 23.2 Å². The number of aliphatic carboxylic acids is 1. The van der Waals surface area contributed by atoms with E-state index < -0.39 is 33.7 Å². The summed E-state index contributed by atoms with van der Waals surface area (Å²) in [4.78, 5) is 23.4. The Bertz CT molecular complexity index is 714. The Hall–Kier alpha value is -1.31. The highest BCUT2D eigenvalue weighted by molar-refractivity contribution is 7.91. The van der Waals surface area contributed by atoms with Crippen molar-refractivity contribution in [1.82, 2.24) is 5.32 Å². The zero-order chi connectivity index (χ0) is 17.2. The molecule has 0 saturated carbocycles. The number of rotatable bonds is 5. The van der Waals surface area contributed by atoms with Crippen LogP contribution in [0.2, 0.25) is 10.0 Å². The van der Waals surface area contributed by atoms with E-state index in [1.807, 2.05) is 0 Å². The number of hydrogen-bond acceptors (Lipinski definition) is 4. The van der Waals surface area contributed by atoms with Crippen molar-refractivity contribution in [2.75, 3.05) is 11.5 Å². The van der Waals surface area contributed by atoms with Crippen LogP contribution < -0.4 is 5.32 Å². The summed E-state index contributed by atoms with van der Waals surface area (Å²) in [6, 6.07) is 3.47. The SMILES string of the molecule is O=C(NC(Cc1cc(Cl)cc(Cl)c1)C(=O)O)C1CCS(=O)(=O)C1. The summed E-state index contributed by atoms with van der Waals surface area (Å²) in [6.45, 7) is 0. The van der Waals surface area contributed by atoms with Gasteiger partial charge < -0.3 is 10.4 Å². The smallest absolute Gasteiger partial charge is 0.326 e. The maximum absolute atomic E-state index is 12.1. The lowest BCUT2D eigenvalue weighted by Gasteiger charge is -2.17. The van der Waals surface area contributed by atoms with E-state index in [0.717, 1.165) is 0 Å². The number of hydrogen-bond donors (Lipinski definition) is 2. The zero-order valence-corrected chi connectivity index (χ0v) is 14.3. The van der Waals surface area contributed by atoms with Crippen molar-refractivity contribution >= 4 is 44.9 Å². The molecule has 0 bridgehead atoms. The third-order valence-electron chi connectivity index (χ3n) is 3.58. The molecule has 23 heavy (non-hydrogen) atoms. The molecule has 2 atom stereocenters. The van der Waals surface area contributed by atoms with Crippen LogP contribution in [0.5, 0.6) is 0 Å². The van der Waals surface area contributed by atoms with Gasteiger partial charge in [0.25, 0.3) is 0 Å². The lowest BCUT2D eigenvalue weighted by atomic mass is 10.0. The normalized spacial score (nSPS) is 20.9. The first-order valence-electron chi connectivity index (χ1n) is 6.85. The molecule has 9 heteroatoms. The van der Waals surface area contributed by atoms with Gasteiger partial charge in [-0.25, -0.2) is 13.2 Å². The van der Waals surface area contributed by atoms with E-state index in [1.54, 1.807) is 12.1 Å². The molecule has 0 aromatic heterocycles. The van der Waals surface area contributed by atoms with Crippen LogP contribution in [0.3, 0.4) is 0 Å². The minimum Gasteiger partial charge on any atom is -0.480 e. The molecule has 2 unspecified atom stereocenters. The van der Waals surface area contributed by atoms with Gasteiger partial charge >= 0.3 is 5.97 Å². The molecule has 0 radical (unpaired) electrons. The molecule has 1 aromatic carbocycles. The van der Waals surface area contributed by atoms with E-state index in [9.17, 15) is 23.1 Å². The van der Waals surface area contributed by atoms with Crippen molar-refractivity contribution < 1.29 is 23.1 Å². The molecule has 1 aliphatic heterocycles. The molecule has 0 aliphatic carbocycles. The van der Waals surface area contributed by atoms with Crippen molar-refractivity contribution in [2.45, 2.75) is 18.9 Å². The summed E-state index contributed by atoms with van der Waals surface area (Å²) in [5, 5.41) is 12.4. The molecule has 0 spiro atoms. The maximum Gasteiger partial charge on any atom is 0.326 e. The van der Waals surface area contributed by atoms with Crippen LogP contribution in [-0.2, 0) is 25.8 Å². The fourth-order valence-corrected chi connectivity index (χ4v) is 4.77. The van der Waals surface area contributed by atoms with Crippen molar-refractivity contribution in [3.63, 3.8) is 0 Å². The average Bonchev–Trinajstić information content (AvgIpc) is 2.77. The molecule has 1 heterocycles. The molecular formula is C14H15Cl2NO5S. The fourth-order valence-electron chi connectivity index (χ4n) is 2.46. The number of nitrogens with one attached hydrogen (secondary N) is 1. The number of carboxylic acid groups (broad SMARTS) is 1. The van der Waals surface area contributed by atoms with Crippen LogP contribution in [-0.4, -0.2) is 42.9 Å². The Morgan fingerprint density at radius 1 is 1.26 bits per heavy atom. The molecular weight excluding hydrogens is 365 g/mol. The minimum atomic E-state index is -3.21. The molecule has 1 fully saturated rings. The molecule has 1 aliphatic rings. The van der Waals surface area contributed by atoms with E-state index in [0.29, 0.717) is 15.6 Å². The predicted octanol–water partition coefficient (Wildman–Crippen LogP) is 1.54. The Labute approximate surface area is 143 Å². The number of amides is 1. The third kappa shape index (κ3) is 5.09.